The van der Waals surface area contributed by atoms with Crippen LogP contribution in [0.2, 0.25) is 0 Å². The van der Waals surface area contributed by atoms with Gasteiger partial charge in [-0.3, -0.25) is 4.79 Å². The average Bonchev–Trinajstić information content (AvgIpc) is 2.83. The van der Waals surface area contributed by atoms with Crippen LogP contribution in [0.3, 0.4) is 0 Å². The van der Waals surface area contributed by atoms with Gasteiger partial charge in [-0.25, -0.2) is 0 Å². The Balaban J connectivity index is 1.94. The summed E-state index contributed by atoms with van der Waals surface area (Å²) in [6.45, 7) is 4.15. The van der Waals surface area contributed by atoms with E-state index in [1.807, 2.05) is 31.2 Å². The molecule has 0 saturated carbocycles. The Morgan fingerprint density at radius 2 is 2.18 bits per heavy atom. The zero-order chi connectivity index (χ0) is 12.1. The molecule has 1 amide bonds. The highest BCUT2D eigenvalue weighted by molar-refractivity contribution is 5.94. The highest BCUT2D eigenvalue weighted by Gasteiger charge is 2.14. The minimum Gasteiger partial charge on any atom is -0.380 e. The maximum atomic E-state index is 11.5. The van der Waals surface area contributed by atoms with E-state index in [4.69, 9.17) is 4.74 Å². The Morgan fingerprint density at radius 1 is 1.41 bits per heavy atom. The van der Waals surface area contributed by atoms with E-state index in [0.717, 1.165) is 25.3 Å². The second-order valence-corrected chi connectivity index (χ2v) is 4.14. The Bertz CT molecular complexity index is 370. The third-order valence-corrected chi connectivity index (χ3v) is 2.78. The summed E-state index contributed by atoms with van der Waals surface area (Å²) >= 11 is 0. The van der Waals surface area contributed by atoms with Crippen molar-refractivity contribution in [2.45, 2.75) is 19.4 Å². The predicted molar refractivity (Wildman–Crippen MR) is 67.3 cm³/mol. The molecule has 1 aromatic carbocycles. The van der Waals surface area contributed by atoms with Crippen LogP contribution in [0.15, 0.2) is 24.3 Å². The fourth-order valence-corrected chi connectivity index (χ4v) is 1.86. The first-order chi connectivity index (χ1) is 8.29. The van der Waals surface area contributed by atoms with Crippen molar-refractivity contribution in [1.29, 1.82) is 0 Å². The first-order valence-corrected chi connectivity index (χ1v) is 6.02. The smallest absolute Gasteiger partial charge is 0.251 e. The first-order valence-electron chi connectivity index (χ1n) is 6.02. The number of carbonyl (C=O) groups is 1. The highest BCUT2D eigenvalue weighted by atomic mass is 16.5. The van der Waals surface area contributed by atoms with Crippen molar-refractivity contribution in [3.05, 3.63) is 29.8 Å². The quantitative estimate of drug-likeness (QED) is 0.832. The summed E-state index contributed by atoms with van der Waals surface area (Å²) in [7, 11) is 0. The number of carbonyl (C=O) groups excluding carboxylic acids is 1. The second kappa shape index (κ2) is 5.68. The molecule has 1 fully saturated rings. The van der Waals surface area contributed by atoms with Crippen LogP contribution in [-0.4, -0.2) is 31.7 Å². The van der Waals surface area contributed by atoms with Gasteiger partial charge in [-0.05, 0) is 37.6 Å². The predicted octanol–water partition coefficient (Wildman–Crippen LogP) is 1.64. The number of ether oxygens (including phenoxy) is 1. The molecule has 1 heterocycles. The van der Waals surface area contributed by atoms with Crippen molar-refractivity contribution in [3.63, 3.8) is 0 Å². The summed E-state index contributed by atoms with van der Waals surface area (Å²) in [4.78, 5) is 11.5. The van der Waals surface area contributed by atoms with E-state index in [1.54, 1.807) is 0 Å². The van der Waals surface area contributed by atoms with Gasteiger partial charge in [0.15, 0.2) is 0 Å². The van der Waals surface area contributed by atoms with Crippen molar-refractivity contribution >= 4 is 11.6 Å². The number of benzene rings is 1. The summed E-state index contributed by atoms with van der Waals surface area (Å²) in [5.74, 6) is -0.0248. The van der Waals surface area contributed by atoms with Crippen LogP contribution in [0.25, 0.3) is 0 Å². The normalized spacial score (nSPS) is 19.0. The van der Waals surface area contributed by atoms with Gasteiger partial charge in [0, 0.05) is 24.4 Å². The summed E-state index contributed by atoms with van der Waals surface area (Å²) in [6, 6.07) is 7.93. The van der Waals surface area contributed by atoms with Gasteiger partial charge in [-0.2, -0.15) is 0 Å². The van der Waals surface area contributed by atoms with Crippen LogP contribution < -0.4 is 10.6 Å². The molecule has 2 N–H and O–H groups in total. The lowest BCUT2D eigenvalue weighted by Crippen LogP contribution is -2.22. The molecule has 0 aliphatic carbocycles. The van der Waals surface area contributed by atoms with Gasteiger partial charge < -0.3 is 15.4 Å². The second-order valence-electron chi connectivity index (χ2n) is 4.14. The molecule has 4 nitrogen and oxygen atoms in total. The van der Waals surface area contributed by atoms with Crippen LogP contribution in [0, 0.1) is 0 Å². The topological polar surface area (TPSA) is 50.4 Å². The highest BCUT2D eigenvalue weighted by Crippen LogP contribution is 2.14. The molecule has 0 spiro atoms. The molecular formula is C13H18N2O2. The fourth-order valence-electron chi connectivity index (χ4n) is 1.86. The van der Waals surface area contributed by atoms with E-state index >= 15 is 0 Å². The van der Waals surface area contributed by atoms with Gasteiger partial charge in [0.2, 0.25) is 0 Å². The van der Waals surface area contributed by atoms with Crippen LogP contribution in [0.4, 0.5) is 5.69 Å². The molecule has 1 aliphatic heterocycles. The van der Waals surface area contributed by atoms with E-state index < -0.39 is 0 Å². The van der Waals surface area contributed by atoms with E-state index in [-0.39, 0.29) is 5.91 Å². The maximum absolute atomic E-state index is 11.5. The third kappa shape index (κ3) is 3.20. The largest absolute Gasteiger partial charge is 0.380 e. The average molecular weight is 234 g/mol. The lowest BCUT2D eigenvalue weighted by Gasteiger charge is -2.12. The van der Waals surface area contributed by atoms with Gasteiger partial charge in [0.25, 0.3) is 5.91 Å². The number of nitrogens with one attached hydrogen (secondary N) is 2. The molecule has 1 aromatic rings. The van der Waals surface area contributed by atoms with Crippen molar-refractivity contribution < 1.29 is 9.53 Å². The number of anilines is 1. The zero-order valence-electron chi connectivity index (χ0n) is 10.0. The van der Waals surface area contributed by atoms with E-state index in [9.17, 15) is 4.79 Å². The molecule has 0 aromatic heterocycles. The van der Waals surface area contributed by atoms with E-state index in [1.165, 1.54) is 0 Å². The molecule has 1 saturated heterocycles. The number of rotatable bonds is 4. The molecule has 2 rings (SSSR count). The molecule has 0 bridgehead atoms. The monoisotopic (exact) mass is 234 g/mol. The summed E-state index contributed by atoms with van der Waals surface area (Å²) in [6.07, 6.45) is 1.04. The number of hydrogen-bond donors (Lipinski definition) is 2. The van der Waals surface area contributed by atoms with Crippen molar-refractivity contribution in [2.24, 2.45) is 0 Å². The van der Waals surface area contributed by atoms with Crippen LogP contribution in [0.5, 0.6) is 0 Å². The lowest BCUT2D eigenvalue weighted by molar-refractivity contribution is 0.0956. The minimum atomic E-state index is -0.0248. The maximum Gasteiger partial charge on any atom is 0.251 e. The first kappa shape index (κ1) is 11.9. The molecule has 92 valence electrons. The molecule has 1 atom stereocenters. The zero-order valence-corrected chi connectivity index (χ0v) is 10.0. The minimum absolute atomic E-state index is 0.0248. The standard InChI is InChI=1S/C13H18N2O2/c1-2-14-13(16)10-3-5-11(6-4-10)15-12-7-8-17-9-12/h3-6,12,15H,2,7-9H2,1H3,(H,14,16). The van der Waals surface area contributed by atoms with Gasteiger partial charge in [-0.15, -0.1) is 0 Å². The molecule has 1 aliphatic rings. The van der Waals surface area contributed by atoms with Gasteiger partial charge in [-0.1, -0.05) is 0 Å². The van der Waals surface area contributed by atoms with Crippen LogP contribution in [-0.2, 0) is 4.74 Å². The van der Waals surface area contributed by atoms with Gasteiger partial charge in [0.1, 0.15) is 0 Å². The van der Waals surface area contributed by atoms with Crippen molar-refractivity contribution in [3.8, 4) is 0 Å². The molecule has 0 radical (unpaired) electrons. The summed E-state index contributed by atoms with van der Waals surface area (Å²) < 4.78 is 5.30. The van der Waals surface area contributed by atoms with Crippen molar-refractivity contribution in [1.82, 2.24) is 5.32 Å². The molecule has 17 heavy (non-hydrogen) atoms. The third-order valence-electron chi connectivity index (χ3n) is 2.78. The Morgan fingerprint density at radius 3 is 2.76 bits per heavy atom. The fraction of sp³-hybridized carbons (Fsp3) is 0.462. The SMILES string of the molecule is CCNC(=O)c1ccc(NC2CCOC2)cc1. The number of hydrogen-bond acceptors (Lipinski definition) is 3. The van der Waals surface area contributed by atoms with Crippen molar-refractivity contribution in [2.75, 3.05) is 25.1 Å². The van der Waals surface area contributed by atoms with Crippen LogP contribution >= 0.6 is 0 Å². The molecular weight excluding hydrogens is 216 g/mol. The van der Waals surface area contributed by atoms with Crippen LogP contribution in [0.1, 0.15) is 23.7 Å². The summed E-state index contributed by atoms with van der Waals surface area (Å²) in [5, 5.41) is 6.16. The lowest BCUT2D eigenvalue weighted by atomic mass is 10.1. The van der Waals surface area contributed by atoms with Gasteiger partial charge in [0.05, 0.1) is 12.6 Å². The van der Waals surface area contributed by atoms with Gasteiger partial charge >= 0.3 is 0 Å². The Hall–Kier alpha value is -1.55. The Kier molecular flexibility index (Phi) is 3.98. The molecule has 4 heteroatoms. The molecule has 1 unspecified atom stereocenters. The Labute approximate surface area is 101 Å². The summed E-state index contributed by atoms with van der Waals surface area (Å²) in [5.41, 5.74) is 1.73. The van der Waals surface area contributed by atoms with E-state index in [2.05, 4.69) is 10.6 Å². The van der Waals surface area contributed by atoms with E-state index in [0.29, 0.717) is 18.2 Å². The number of amides is 1.